The van der Waals surface area contributed by atoms with Gasteiger partial charge >= 0.3 is 0 Å². The van der Waals surface area contributed by atoms with Gasteiger partial charge in [-0.2, -0.15) is 0 Å². The van der Waals surface area contributed by atoms with Crippen molar-refractivity contribution in [3.8, 4) is 11.5 Å². The number of ether oxygens (including phenoxy) is 2. The molecule has 2 aromatic carbocycles. The number of benzene rings is 2. The number of rotatable bonds is 7. The average Bonchev–Trinajstić information content (AvgIpc) is 3.21. The van der Waals surface area contributed by atoms with Crippen LogP contribution in [0, 0.1) is 0 Å². The van der Waals surface area contributed by atoms with Crippen molar-refractivity contribution in [2.24, 2.45) is 0 Å². The predicted octanol–water partition coefficient (Wildman–Crippen LogP) is 4.71. The van der Waals surface area contributed by atoms with Crippen LogP contribution in [0.1, 0.15) is 17.5 Å². The zero-order valence-corrected chi connectivity index (χ0v) is 19.8. The summed E-state index contributed by atoms with van der Waals surface area (Å²) in [5.41, 5.74) is 1.84. The predicted molar refractivity (Wildman–Crippen MR) is 130 cm³/mol. The molecule has 1 saturated heterocycles. The third-order valence-electron chi connectivity index (χ3n) is 5.34. The van der Waals surface area contributed by atoms with Gasteiger partial charge in [0.15, 0.2) is 11.5 Å². The van der Waals surface area contributed by atoms with Gasteiger partial charge in [-0.25, -0.2) is 4.98 Å². The minimum Gasteiger partial charge on any atom is -0.493 e. The summed E-state index contributed by atoms with van der Waals surface area (Å²) in [5, 5.41) is 1.58. The number of carbonyl (C=O) groups excluding carboxylic acids is 1. The van der Waals surface area contributed by atoms with Crippen LogP contribution in [0.2, 0.25) is 5.02 Å². The number of para-hydroxylation sites is 1. The fourth-order valence-electron chi connectivity index (χ4n) is 3.70. The van der Waals surface area contributed by atoms with E-state index in [0.717, 1.165) is 35.7 Å². The fourth-order valence-corrected chi connectivity index (χ4v) is 4.98. The molecule has 4 rings (SSSR count). The topological polar surface area (TPSA) is 54.9 Å². The van der Waals surface area contributed by atoms with Crippen LogP contribution in [-0.2, 0) is 11.3 Å². The second-order valence-electron chi connectivity index (χ2n) is 7.48. The monoisotopic (exact) mass is 471 g/mol. The number of hydrogen-bond acceptors (Lipinski definition) is 6. The fraction of sp³-hybridized carbons (Fsp3) is 0.333. The molecule has 0 atom stereocenters. The van der Waals surface area contributed by atoms with E-state index in [1.807, 2.05) is 36.1 Å². The maximum atomic E-state index is 12.7. The normalized spacial score (nSPS) is 14.9. The Kier molecular flexibility index (Phi) is 7.29. The van der Waals surface area contributed by atoms with Crippen molar-refractivity contribution in [2.75, 3.05) is 39.9 Å². The largest absolute Gasteiger partial charge is 0.493 e. The molecular formula is C24H26ClN3O3S. The number of piperazine rings is 1. The summed E-state index contributed by atoms with van der Waals surface area (Å²) in [5.74, 6) is 1.06. The molecule has 1 aliphatic heterocycles. The molecule has 0 aliphatic carbocycles. The Balaban J connectivity index is 1.33. The molecule has 1 amide bonds. The molecule has 168 valence electrons. The lowest BCUT2D eigenvalue weighted by Gasteiger charge is -2.33. The number of amides is 1. The Morgan fingerprint density at radius 1 is 1.22 bits per heavy atom. The molecule has 32 heavy (non-hydrogen) atoms. The number of methoxy groups -OCH3 is 1. The second kappa shape index (κ2) is 10.3. The van der Waals surface area contributed by atoms with Crippen molar-refractivity contribution >= 4 is 45.1 Å². The number of nitrogens with zero attached hydrogens (tertiary/aromatic N) is 3. The Morgan fingerprint density at radius 2 is 2.00 bits per heavy atom. The number of fused-ring (bicyclic) bond motifs is 1. The molecule has 8 heteroatoms. The molecule has 0 bridgehead atoms. The Morgan fingerprint density at radius 3 is 2.72 bits per heavy atom. The van der Waals surface area contributed by atoms with E-state index in [-0.39, 0.29) is 5.91 Å². The second-order valence-corrected chi connectivity index (χ2v) is 9.00. The van der Waals surface area contributed by atoms with Crippen molar-refractivity contribution in [3.63, 3.8) is 0 Å². The van der Waals surface area contributed by atoms with Crippen molar-refractivity contribution < 1.29 is 14.3 Å². The van der Waals surface area contributed by atoms with Crippen molar-refractivity contribution in [1.82, 2.24) is 14.8 Å². The summed E-state index contributed by atoms with van der Waals surface area (Å²) >= 11 is 8.06. The van der Waals surface area contributed by atoms with E-state index in [2.05, 4.69) is 11.0 Å². The standard InChI is InChI=1S/C24H26ClN3O3S/c1-3-31-24-18(25)14-17(15-20(24)30-2)8-9-23(29)28-12-10-27(11-13-28)16-22-26-19-6-4-5-7-21(19)32-22/h4-9,14-15H,3,10-13,16H2,1-2H3/b9-8+. The maximum Gasteiger partial charge on any atom is 0.246 e. The molecule has 0 saturated carbocycles. The van der Waals surface area contributed by atoms with Crippen LogP contribution >= 0.6 is 22.9 Å². The van der Waals surface area contributed by atoms with E-state index < -0.39 is 0 Å². The highest BCUT2D eigenvalue weighted by Gasteiger charge is 2.21. The van der Waals surface area contributed by atoms with Crippen LogP contribution in [0.3, 0.4) is 0 Å². The van der Waals surface area contributed by atoms with Gasteiger partial charge in [0, 0.05) is 32.3 Å². The highest BCUT2D eigenvalue weighted by molar-refractivity contribution is 7.18. The summed E-state index contributed by atoms with van der Waals surface area (Å²) in [4.78, 5) is 21.6. The zero-order chi connectivity index (χ0) is 22.5. The quantitative estimate of drug-likeness (QED) is 0.467. The minimum atomic E-state index is -0.00592. The van der Waals surface area contributed by atoms with Gasteiger partial charge in [-0.1, -0.05) is 23.7 Å². The highest BCUT2D eigenvalue weighted by Crippen LogP contribution is 2.36. The first-order valence-corrected chi connectivity index (χ1v) is 11.8. The summed E-state index contributed by atoms with van der Waals surface area (Å²) in [6.07, 6.45) is 3.36. The van der Waals surface area contributed by atoms with Crippen LogP contribution in [-0.4, -0.2) is 60.6 Å². The number of carbonyl (C=O) groups is 1. The van der Waals surface area contributed by atoms with Gasteiger partial charge in [0.1, 0.15) is 5.01 Å². The van der Waals surface area contributed by atoms with E-state index >= 15 is 0 Å². The highest BCUT2D eigenvalue weighted by atomic mass is 35.5. The van der Waals surface area contributed by atoms with Gasteiger partial charge in [-0.3, -0.25) is 9.69 Å². The van der Waals surface area contributed by atoms with E-state index in [1.165, 1.54) is 4.70 Å². The number of hydrogen-bond donors (Lipinski definition) is 0. The number of halogens is 1. The SMILES string of the molecule is CCOc1c(Cl)cc(/C=C/C(=O)N2CCN(Cc3nc4ccccc4s3)CC2)cc1OC. The molecule has 1 aromatic heterocycles. The molecule has 1 fully saturated rings. The third kappa shape index (κ3) is 5.23. The van der Waals surface area contributed by atoms with E-state index in [9.17, 15) is 4.79 Å². The maximum absolute atomic E-state index is 12.7. The number of thiazole rings is 1. The number of aromatic nitrogens is 1. The lowest BCUT2D eigenvalue weighted by molar-refractivity contribution is -0.127. The van der Waals surface area contributed by atoms with Crippen LogP contribution in [0.4, 0.5) is 0 Å². The van der Waals surface area contributed by atoms with E-state index in [4.69, 9.17) is 26.1 Å². The molecule has 0 spiro atoms. The third-order valence-corrected chi connectivity index (χ3v) is 6.64. The van der Waals surface area contributed by atoms with Crippen LogP contribution in [0.5, 0.6) is 11.5 Å². The van der Waals surface area contributed by atoms with E-state index in [0.29, 0.717) is 36.2 Å². The molecule has 1 aliphatic rings. The summed E-state index contributed by atoms with van der Waals surface area (Å²) in [7, 11) is 1.57. The zero-order valence-electron chi connectivity index (χ0n) is 18.2. The van der Waals surface area contributed by atoms with Gasteiger partial charge in [0.25, 0.3) is 0 Å². The summed E-state index contributed by atoms with van der Waals surface area (Å²) < 4.78 is 12.1. The Labute approximate surface area is 197 Å². The van der Waals surface area contributed by atoms with Gasteiger partial charge in [-0.05, 0) is 42.8 Å². The molecule has 2 heterocycles. The van der Waals surface area contributed by atoms with Gasteiger partial charge < -0.3 is 14.4 Å². The molecule has 0 N–H and O–H groups in total. The Bertz CT molecular complexity index is 1090. The summed E-state index contributed by atoms with van der Waals surface area (Å²) in [6.45, 7) is 6.26. The van der Waals surface area contributed by atoms with Crippen LogP contribution in [0.15, 0.2) is 42.5 Å². The average molecular weight is 472 g/mol. The lowest BCUT2D eigenvalue weighted by atomic mass is 10.1. The van der Waals surface area contributed by atoms with Gasteiger partial charge in [-0.15, -0.1) is 11.3 Å². The Hall–Kier alpha value is -2.61. The van der Waals surface area contributed by atoms with Crippen LogP contribution in [0.25, 0.3) is 16.3 Å². The van der Waals surface area contributed by atoms with Crippen molar-refractivity contribution in [3.05, 3.63) is 58.1 Å². The molecule has 6 nitrogen and oxygen atoms in total. The molecule has 0 unspecified atom stereocenters. The van der Waals surface area contributed by atoms with Crippen LogP contribution < -0.4 is 9.47 Å². The lowest BCUT2D eigenvalue weighted by Crippen LogP contribution is -2.47. The van der Waals surface area contributed by atoms with Gasteiger partial charge in [0.2, 0.25) is 5.91 Å². The van der Waals surface area contributed by atoms with E-state index in [1.54, 1.807) is 36.7 Å². The first-order valence-electron chi connectivity index (χ1n) is 10.6. The molecular weight excluding hydrogens is 446 g/mol. The van der Waals surface area contributed by atoms with Crippen molar-refractivity contribution in [2.45, 2.75) is 13.5 Å². The smallest absolute Gasteiger partial charge is 0.246 e. The first kappa shape index (κ1) is 22.6. The molecule has 0 radical (unpaired) electrons. The van der Waals surface area contributed by atoms with Gasteiger partial charge in [0.05, 0.1) is 35.5 Å². The van der Waals surface area contributed by atoms with Crippen molar-refractivity contribution in [1.29, 1.82) is 0 Å². The summed E-state index contributed by atoms with van der Waals surface area (Å²) in [6, 6.07) is 11.8. The minimum absolute atomic E-state index is 0.00592. The first-order chi connectivity index (χ1) is 15.6. The molecule has 3 aromatic rings.